The van der Waals surface area contributed by atoms with Gasteiger partial charge in [-0.1, -0.05) is 42.5 Å². The molecule has 0 aliphatic heterocycles. The predicted molar refractivity (Wildman–Crippen MR) is 96.5 cm³/mol. The number of para-hydroxylation sites is 1. The van der Waals surface area contributed by atoms with Crippen molar-refractivity contribution in [1.82, 2.24) is 4.98 Å². The van der Waals surface area contributed by atoms with Crippen LogP contribution in [0.15, 0.2) is 59.0 Å². The number of hydrazone groups is 1. The summed E-state index contributed by atoms with van der Waals surface area (Å²) in [6, 6.07) is 16.0. The van der Waals surface area contributed by atoms with E-state index < -0.39 is 0 Å². The minimum atomic E-state index is 0.756. The fourth-order valence-corrected chi connectivity index (χ4v) is 2.95. The molecule has 3 aromatic rings. The summed E-state index contributed by atoms with van der Waals surface area (Å²) in [7, 11) is 1.67. The zero-order valence-corrected chi connectivity index (χ0v) is 13.8. The van der Waals surface area contributed by atoms with E-state index in [0.29, 0.717) is 0 Å². The first-order valence-corrected chi connectivity index (χ1v) is 8.09. The minimum Gasteiger partial charge on any atom is -0.496 e. The van der Waals surface area contributed by atoms with Crippen LogP contribution >= 0.6 is 11.3 Å². The number of ether oxygens (including phenoxy) is 1. The van der Waals surface area contributed by atoms with Gasteiger partial charge < -0.3 is 4.74 Å². The van der Waals surface area contributed by atoms with Gasteiger partial charge >= 0.3 is 0 Å². The Morgan fingerprint density at radius 2 is 1.96 bits per heavy atom. The lowest BCUT2D eigenvalue weighted by atomic mass is 10.1. The zero-order chi connectivity index (χ0) is 16.1. The van der Waals surface area contributed by atoms with Crippen molar-refractivity contribution in [1.29, 1.82) is 0 Å². The van der Waals surface area contributed by atoms with Gasteiger partial charge in [-0.15, -0.1) is 11.3 Å². The maximum atomic E-state index is 5.41. The molecule has 0 fully saturated rings. The van der Waals surface area contributed by atoms with Gasteiger partial charge in [0.05, 0.1) is 19.0 Å². The van der Waals surface area contributed by atoms with Crippen LogP contribution in [0.4, 0.5) is 5.13 Å². The Morgan fingerprint density at radius 3 is 2.74 bits per heavy atom. The number of hydrogen-bond donors (Lipinski definition) is 1. The number of anilines is 1. The molecule has 0 bridgehead atoms. The predicted octanol–water partition coefficient (Wildman–Crippen LogP) is 4.57. The standard InChI is InChI=1S/C18H17N3OS/c1-13-7-6-10-15(17(13)22-2)11-19-21-18-20-16(12-23-18)14-8-4-3-5-9-14/h3-12H,1-2H3,(H,20,21). The van der Waals surface area contributed by atoms with Crippen molar-refractivity contribution in [2.75, 3.05) is 12.5 Å². The second-order valence-electron chi connectivity index (χ2n) is 4.97. The lowest BCUT2D eigenvalue weighted by molar-refractivity contribution is 0.411. The Bertz CT molecular complexity index is 812. The van der Waals surface area contributed by atoms with Gasteiger partial charge in [0.25, 0.3) is 0 Å². The Morgan fingerprint density at radius 1 is 1.13 bits per heavy atom. The van der Waals surface area contributed by atoms with Gasteiger partial charge in [0, 0.05) is 16.5 Å². The van der Waals surface area contributed by atoms with Gasteiger partial charge in [0.15, 0.2) is 0 Å². The molecular weight excluding hydrogens is 306 g/mol. The number of rotatable bonds is 5. The summed E-state index contributed by atoms with van der Waals surface area (Å²) < 4.78 is 5.41. The van der Waals surface area contributed by atoms with E-state index in [1.807, 2.05) is 60.8 Å². The third-order valence-corrected chi connectivity index (χ3v) is 4.13. The van der Waals surface area contributed by atoms with Crippen LogP contribution in [0.25, 0.3) is 11.3 Å². The Kier molecular flexibility index (Phi) is 4.68. The lowest BCUT2D eigenvalue weighted by Crippen LogP contribution is -1.95. The molecule has 0 spiro atoms. The average Bonchev–Trinajstić information content (AvgIpc) is 3.05. The third-order valence-electron chi connectivity index (χ3n) is 3.38. The molecule has 0 unspecified atom stereocenters. The number of nitrogens with zero attached hydrogens (tertiary/aromatic N) is 2. The molecule has 0 saturated heterocycles. The first-order chi connectivity index (χ1) is 11.3. The molecule has 0 saturated carbocycles. The van der Waals surface area contributed by atoms with E-state index >= 15 is 0 Å². The van der Waals surface area contributed by atoms with Gasteiger partial charge in [-0.3, -0.25) is 5.43 Å². The van der Waals surface area contributed by atoms with E-state index in [0.717, 1.165) is 33.3 Å². The molecule has 0 amide bonds. The normalized spacial score (nSPS) is 10.9. The molecule has 116 valence electrons. The first kappa shape index (κ1) is 15.2. The van der Waals surface area contributed by atoms with Crippen molar-refractivity contribution in [2.45, 2.75) is 6.92 Å². The van der Waals surface area contributed by atoms with Crippen LogP contribution in [0.2, 0.25) is 0 Å². The molecule has 5 heteroatoms. The Balaban J connectivity index is 1.72. The second-order valence-corrected chi connectivity index (χ2v) is 5.83. The van der Waals surface area contributed by atoms with Gasteiger partial charge in [0.2, 0.25) is 5.13 Å². The Hall–Kier alpha value is -2.66. The van der Waals surface area contributed by atoms with Crippen LogP contribution in [0, 0.1) is 6.92 Å². The highest BCUT2D eigenvalue weighted by Gasteiger charge is 2.04. The summed E-state index contributed by atoms with van der Waals surface area (Å²) in [6.45, 7) is 2.01. The number of methoxy groups -OCH3 is 1. The topological polar surface area (TPSA) is 46.5 Å². The molecule has 0 aliphatic carbocycles. The number of hydrogen-bond acceptors (Lipinski definition) is 5. The summed E-state index contributed by atoms with van der Waals surface area (Å²) >= 11 is 1.53. The van der Waals surface area contributed by atoms with E-state index in [9.17, 15) is 0 Å². The van der Waals surface area contributed by atoms with E-state index in [1.165, 1.54) is 11.3 Å². The molecule has 0 atom stereocenters. The van der Waals surface area contributed by atoms with Crippen molar-refractivity contribution in [2.24, 2.45) is 5.10 Å². The summed E-state index contributed by atoms with van der Waals surface area (Å²) in [5, 5.41) is 7.03. The zero-order valence-electron chi connectivity index (χ0n) is 13.0. The molecule has 1 N–H and O–H groups in total. The summed E-state index contributed by atoms with van der Waals surface area (Å²) in [5.74, 6) is 0.835. The number of nitrogens with one attached hydrogen (secondary N) is 1. The number of thiazole rings is 1. The van der Waals surface area contributed by atoms with Crippen LogP contribution in [0.3, 0.4) is 0 Å². The van der Waals surface area contributed by atoms with Crippen molar-refractivity contribution >= 4 is 22.7 Å². The quantitative estimate of drug-likeness (QED) is 0.552. The van der Waals surface area contributed by atoms with E-state index in [-0.39, 0.29) is 0 Å². The highest BCUT2D eigenvalue weighted by atomic mass is 32.1. The molecule has 23 heavy (non-hydrogen) atoms. The van der Waals surface area contributed by atoms with Gasteiger partial charge in [-0.25, -0.2) is 4.98 Å². The van der Waals surface area contributed by atoms with Crippen molar-refractivity contribution in [3.05, 3.63) is 65.0 Å². The molecule has 2 aromatic carbocycles. The molecule has 1 heterocycles. The number of aromatic nitrogens is 1. The fourth-order valence-electron chi connectivity index (χ4n) is 2.28. The highest BCUT2D eigenvalue weighted by molar-refractivity contribution is 7.14. The van der Waals surface area contributed by atoms with Crippen LogP contribution in [0.1, 0.15) is 11.1 Å². The van der Waals surface area contributed by atoms with E-state index in [1.54, 1.807) is 13.3 Å². The van der Waals surface area contributed by atoms with Crippen molar-refractivity contribution in [3.8, 4) is 17.0 Å². The number of benzene rings is 2. The molecule has 1 aromatic heterocycles. The van der Waals surface area contributed by atoms with Crippen LogP contribution in [-0.2, 0) is 0 Å². The van der Waals surface area contributed by atoms with Gasteiger partial charge in [-0.05, 0) is 18.6 Å². The SMILES string of the molecule is COc1c(C)cccc1C=NNc1nc(-c2ccccc2)cs1. The van der Waals surface area contributed by atoms with Crippen LogP contribution in [-0.4, -0.2) is 18.3 Å². The first-order valence-electron chi connectivity index (χ1n) is 7.21. The van der Waals surface area contributed by atoms with E-state index in [2.05, 4.69) is 15.5 Å². The monoisotopic (exact) mass is 323 g/mol. The van der Waals surface area contributed by atoms with Gasteiger partial charge in [0.1, 0.15) is 5.75 Å². The molecule has 0 aliphatic rings. The lowest BCUT2D eigenvalue weighted by Gasteiger charge is -2.07. The molecule has 3 rings (SSSR count). The van der Waals surface area contributed by atoms with Crippen LogP contribution in [0.5, 0.6) is 5.75 Å². The maximum Gasteiger partial charge on any atom is 0.203 e. The van der Waals surface area contributed by atoms with E-state index in [4.69, 9.17) is 4.74 Å². The second kappa shape index (κ2) is 7.07. The number of aryl methyl sites for hydroxylation is 1. The maximum absolute atomic E-state index is 5.41. The van der Waals surface area contributed by atoms with Crippen molar-refractivity contribution < 1.29 is 4.74 Å². The fraction of sp³-hybridized carbons (Fsp3) is 0.111. The molecule has 4 nitrogen and oxygen atoms in total. The largest absolute Gasteiger partial charge is 0.496 e. The van der Waals surface area contributed by atoms with Crippen LogP contribution < -0.4 is 10.2 Å². The van der Waals surface area contributed by atoms with Gasteiger partial charge in [-0.2, -0.15) is 5.10 Å². The smallest absolute Gasteiger partial charge is 0.203 e. The average molecular weight is 323 g/mol. The molecular formula is C18H17N3OS. The minimum absolute atomic E-state index is 0.756. The third kappa shape index (κ3) is 3.57. The summed E-state index contributed by atoms with van der Waals surface area (Å²) in [4.78, 5) is 4.53. The summed E-state index contributed by atoms with van der Waals surface area (Å²) in [5.41, 5.74) is 7.03. The summed E-state index contributed by atoms with van der Waals surface area (Å²) in [6.07, 6.45) is 1.75. The Labute approximate surface area is 139 Å². The van der Waals surface area contributed by atoms with Crippen molar-refractivity contribution in [3.63, 3.8) is 0 Å². The highest BCUT2D eigenvalue weighted by Crippen LogP contribution is 2.25. The molecule has 0 radical (unpaired) electrons.